The Bertz CT molecular complexity index is 272. The van der Waals surface area contributed by atoms with Gasteiger partial charge < -0.3 is 5.11 Å². The van der Waals surface area contributed by atoms with Gasteiger partial charge in [-0.15, -0.1) is 0 Å². The first-order valence-electron chi connectivity index (χ1n) is 4.61. The van der Waals surface area contributed by atoms with Gasteiger partial charge in [-0.25, -0.2) is 0 Å². The average Bonchev–Trinajstić information content (AvgIpc) is 2.18. The Labute approximate surface area is 79.7 Å². The van der Waals surface area contributed by atoms with E-state index in [1.807, 2.05) is 19.9 Å². The molecule has 0 bridgehead atoms. The predicted molar refractivity (Wildman–Crippen MR) is 56.7 cm³/mol. The van der Waals surface area contributed by atoms with Crippen LogP contribution in [-0.2, 0) is 0 Å². The summed E-state index contributed by atoms with van der Waals surface area (Å²) in [7, 11) is 0. The van der Waals surface area contributed by atoms with Gasteiger partial charge >= 0.3 is 0 Å². The van der Waals surface area contributed by atoms with Gasteiger partial charge in [0.1, 0.15) is 0 Å². The molecule has 1 rings (SSSR count). The van der Waals surface area contributed by atoms with Crippen LogP contribution >= 0.6 is 0 Å². The van der Waals surface area contributed by atoms with Crippen LogP contribution in [-0.4, -0.2) is 11.7 Å². The normalized spacial score (nSPS) is 13.5. The molecule has 0 saturated heterocycles. The molecular formula is C12H16O. The monoisotopic (exact) mass is 176 g/mol. The summed E-state index contributed by atoms with van der Waals surface area (Å²) in [4.78, 5) is 0. The number of aliphatic hydroxyl groups is 1. The topological polar surface area (TPSA) is 20.2 Å². The van der Waals surface area contributed by atoms with Crippen LogP contribution < -0.4 is 0 Å². The van der Waals surface area contributed by atoms with Gasteiger partial charge in [-0.1, -0.05) is 43.3 Å². The Morgan fingerprint density at radius 3 is 2.38 bits per heavy atom. The molecule has 1 atom stereocenters. The fourth-order valence-corrected chi connectivity index (χ4v) is 1.23. The van der Waals surface area contributed by atoms with Crippen molar-refractivity contribution in [3.8, 4) is 0 Å². The molecule has 0 spiro atoms. The first kappa shape index (κ1) is 10.0. The van der Waals surface area contributed by atoms with E-state index in [-0.39, 0.29) is 12.5 Å². The van der Waals surface area contributed by atoms with E-state index < -0.39 is 0 Å². The number of hydrogen-bond acceptors (Lipinski definition) is 1. The van der Waals surface area contributed by atoms with Gasteiger partial charge in [-0.3, -0.25) is 0 Å². The largest absolute Gasteiger partial charge is 0.396 e. The van der Waals surface area contributed by atoms with Crippen LogP contribution in [0, 0.1) is 0 Å². The third-order valence-corrected chi connectivity index (χ3v) is 2.14. The Morgan fingerprint density at radius 1 is 1.31 bits per heavy atom. The molecule has 0 amide bonds. The minimum Gasteiger partial charge on any atom is -0.396 e. The van der Waals surface area contributed by atoms with E-state index in [1.165, 1.54) is 11.1 Å². The molecule has 1 unspecified atom stereocenters. The van der Waals surface area contributed by atoms with E-state index in [0.29, 0.717) is 0 Å². The van der Waals surface area contributed by atoms with Gasteiger partial charge in [0, 0.05) is 12.5 Å². The van der Waals surface area contributed by atoms with E-state index >= 15 is 0 Å². The molecule has 0 aliphatic heterocycles. The Morgan fingerprint density at radius 2 is 1.92 bits per heavy atom. The number of aliphatic hydroxyl groups excluding tert-OH is 1. The molecule has 0 fully saturated rings. The zero-order valence-corrected chi connectivity index (χ0v) is 8.20. The summed E-state index contributed by atoms with van der Waals surface area (Å²) in [5.74, 6) is 0.236. The highest BCUT2D eigenvalue weighted by Gasteiger charge is 2.01. The van der Waals surface area contributed by atoms with E-state index in [4.69, 9.17) is 5.11 Å². The maximum absolute atomic E-state index is 8.95. The van der Waals surface area contributed by atoms with Crippen LogP contribution in [0.1, 0.15) is 30.9 Å². The molecule has 0 aliphatic carbocycles. The van der Waals surface area contributed by atoms with Crippen molar-refractivity contribution in [2.75, 3.05) is 6.61 Å². The molecule has 1 nitrogen and oxygen atoms in total. The lowest BCUT2D eigenvalue weighted by Crippen LogP contribution is -1.97. The SMILES string of the molecule is C/C=C\c1ccc(C(C)CO)cc1. The first-order valence-corrected chi connectivity index (χ1v) is 4.61. The van der Waals surface area contributed by atoms with Crippen molar-refractivity contribution in [2.45, 2.75) is 19.8 Å². The Balaban J connectivity index is 2.80. The van der Waals surface area contributed by atoms with Gasteiger partial charge in [0.05, 0.1) is 0 Å². The van der Waals surface area contributed by atoms with Crippen LogP contribution in [0.5, 0.6) is 0 Å². The molecule has 0 radical (unpaired) electrons. The molecule has 0 aliphatic rings. The summed E-state index contributed by atoms with van der Waals surface area (Å²) in [6.07, 6.45) is 4.08. The zero-order valence-electron chi connectivity index (χ0n) is 8.20. The van der Waals surface area contributed by atoms with E-state index in [2.05, 4.69) is 30.3 Å². The molecule has 13 heavy (non-hydrogen) atoms. The van der Waals surface area contributed by atoms with Gasteiger partial charge in [0.15, 0.2) is 0 Å². The number of hydrogen-bond donors (Lipinski definition) is 1. The molecule has 1 aromatic rings. The summed E-state index contributed by atoms with van der Waals surface area (Å²) < 4.78 is 0. The van der Waals surface area contributed by atoms with Gasteiger partial charge in [0.2, 0.25) is 0 Å². The number of allylic oxidation sites excluding steroid dienone is 1. The predicted octanol–water partition coefficient (Wildman–Crippen LogP) is 2.82. The summed E-state index contributed by atoms with van der Waals surface area (Å²) in [5, 5.41) is 8.95. The van der Waals surface area contributed by atoms with Crippen molar-refractivity contribution in [1.82, 2.24) is 0 Å². The summed E-state index contributed by atoms with van der Waals surface area (Å²) >= 11 is 0. The Kier molecular flexibility index (Phi) is 3.71. The van der Waals surface area contributed by atoms with Crippen molar-refractivity contribution < 1.29 is 5.11 Å². The number of benzene rings is 1. The highest BCUT2D eigenvalue weighted by molar-refractivity contribution is 5.49. The van der Waals surface area contributed by atoms with E-state index in [9.17, 15) is 0 Å². The molecule has 0 aromatic heterocycles. The first-order chi connectivity index (χ1) is 6.27. The average molecular weight is 176 g/mol. The lowest BCUT2D eigenvalue weighted by molar-refractivity contribution is 0.273. The smallest absolute Gasteiger partial charge is 0.0497 e. The lowest BCUT2D eigenvalue weighted by Gasteiger charge is -2.07. The van der Waals surface area contributed by atoms with Crippen LogP contribution in [0.3, 0.4) is 0 Å². The molecule has 1 N–H and O–H groups in total. The number of rotatable bonds is 3. The molecule has 0 saturated carbocycles. The van der Waals surface area contributed by atoms with Crippen molar-refractivity contribution in [3.05, 3.63) is 41.5 Å². The van der Waals surface area contributed by atoms with Gasteiger partial charge in [-0.05, 0) is 18.1 Å². The third kappa shape index (κ3) is 2.71. The molecule has 1 heteroatoms. The van der Waals surface area contributed by atoms with Crippen molar-refractivity contribution in [2.24, 2.45) is 0 Å². The fourth-order valence-electron chi connectivity index (χ4n) is 1.23. The second kappa shape index (κ2) is 4.83. The van der Waals surface area contributed by atoms with Gasteiger partial charge in [-0.2, -0.15) is 0 Å². The second-order valence-corrected chi connectivity index (χ2v) is 3.25. The molecular weight excluding hydrogens is 160 g/mol. The Hall–Kier alpha value is -1.08. The van der Waals surface area contributed by atoms with E-state index in [1.54, 1.807) is 0 Å². The minimum absolute atomic E-state index is 0.211. The minimum atomic E-state index is 0.211. The quantitative estimate of drug-likeness (QED) is 0.750. The lowest BCUT2D eigenvalue weighted by atomic mass is 10.0. The van der Waals surface area contributed by atoms with Crippen LogP contribution in [0.4, 0.5) is 0 Å². The van der Waals surface area contributed by atoms with Crippen LogP contribution in [0.15, 0.2) is 30.3 Å². The summed E-state index contributed by atoms with van der Waals surface area (Å²) in [6, 6.07) is 8.27. The third-order valence-electron chi connectivity index (χ3n) is 2.14. The highest BCUT2D eigenvalue weighted by atomic mass is 16.3. The zero-order chi connectivity index (χ0) is 9.68. The summed E-state index contributed by atoms with van der Waals surface area (Å²) in [6.45, 7) is 4.23. The van der Waals surface area contributed by atoms with Crippen molar-refractivity contribution in [1.29, 1.82) is 0 Å². The molecule has 70 valence electrons. The van der Waals surface area contributed by atoms with Crippen LogP contribution in [0.2, 0.25) is 0 Å². The maximum atomic E-state index is 8.95. The van der Waals surface area contributed by atoms with Gasteiger partial charge in [0.25, 0.3) is 0 Å². The highest BCUT2D eigenvalue weighted by Crippen LogP contribution is 2.15. The van der Waals surface area contributed by atoms with Crippen molar-refractivity contribution in [3.63, 3.8) is 0 Å². The summed E-state index contributed by atoms with van der Waals surface area (Å²) in [5.41, 5.74) is 2.40. The van der Waals surface area contributed by atoms with E-state index in [0.717, 1.165) is 0 Å². The maximum Gasteiger partial charge on any atom is 0.0497 e. The molecule has 0 heterocycles. The standard InChI is InChI=1S/C12H16O/c1-3-4-11-5-7-12(8-6-11)10(2)9-13/h3-8,10,13H,9H2,1-2H3/b4-3-. The van der Waals surface area contributed by atoms with Crippen molar-refractivity contribution >= 4 is 6.08 Å². The van der Waals surface area contributed by atoms with Crippen LogP contribution in [0.25, 0.3) is 6.08 Å². The second-order valence-electron chi connectivity index (χ2n) is 3.25. The molecule has 1 aromatic carbocycles. The fraction of sp³-hybridized carbons (Fsp3) is 0.333.